The molecule has 3 heteroatoms. The molecule has 1 rings (SSSR count). The SMILES string of the molecule is CCCCCCCCCCCCCCCCCC(=O)OCC1CC=CO1. The lowest BCUT2D eigenvalue weighted by Gasteiger charge is -2.10. The Morgan fingerprint density at radius 2 is 1.35 bits per heavy atom. The molecule has 0 amide bonds. The first-order chi connectivity index (χ1) is 12.8. The topological polar surface area (TPSA) is 35.5 Å². The first-order valence-electron chi connectivity index (χ1n) is 11.3. The Bertz CT molecular complexity index is 343. The van der Waals surface area contributed by atoms with Gasteiger partial charge in [-0.25, -0.2) is 0 Å². The quantitative estimate of drug-likeness (QED) is 0.192. The van der Waals surface area contributed by atoms with Crippen LogP contribution in [0.1, 0.15) is 116 Å². The first kappa shape index (κ1) is 23.0. The van der Waals surface area contributed by atoms with E-state index in [9.17, 15) is 4.79 Å². The average Bonchev–Trinajstić information content (AvgIpc) is 3.17. The molecule has 26 heavy (non-hydrogen) atoms. The molecule has 1 heterocycles. The summed E-state index contributed by atoms with van der Waals surface area (Å²) in [6.45, 7) is 2.67. The molecule has 0 aromatic rings. The minimum atomic E-state index is -0.0739. The maximum Gasteiger partial charge on any atom is 0.305 e. The fourth-order valence-electron chi connectivity index (χ4n) is 3.44. The third-order valence-electron chi connectivity index (χ3n) is 5.18. The Morgan fingerprint density at radius 3 is 1.81 bits per heavy atom. The smallest absolute Gasteiger partial charge is 0.305 e. The van der Waals surface area contributed by atoms with Crippen LogP contribution in [0.3, 0.4) is 0 Å². The molecule has 0 spiro atoms. The van der Waals surface area contributed by atoms with Gasteiger partial charge in [0, 0.05) is 12.8 Å². The first-order valence-corrected chi connectivity index (χ1v) is 11.3. The van der Waals surface area contributed by atoms with Gasteiger partial charge in [0.1, 0.15) is 12.7 Å². The molecule has 0 fully saturated rings. The van der Waals surface area contributed by atoms with Crippen molar-refractivity contribution in [3.63, 3.8) is 0 Å². The fraction of sp³-hybridized carbons (Fsp3) is 0.870. The van der Waals surface area contributed by atoms with Gasteiger partial charge in [-0.2, -0.15) is 0 Å². The highest BCUT2D eigenvalue weighted by molar-refractivity contribution is 5.69. The normalized spacial score (nSPS) is 16.0. The number of esters is 1. The Balaban J connectivity index is 1.71. The van der Waals surface area contributed by atoms with E-state index in [1.54, 1.807) is 6.26 Å². The zero-order valence-corrected chi connectivity index (χ0v) is 17.2. The number of unbranched alkanes of at least 4 members (excludes halogenated alkanes) is 14. The van der Waals surface area contributed by atoms with Crippen LogP contribution in [-0.4, -0.2) is 18.7 Å². The molecular formula is C23H42O3. The summed E-state index contributed by atoms with van der Waals surface area (Å²) in [4.78, 5) is 11.6. The Morgan fingerprint density at radius 1 is 0.846 bits per heavy atom. The van der Waals surface area contributed by atoms with Crippen molar-refractivity contribution in [1.82, 2.24) is 0 Å². The second kappa shape index (κ2) is 17.4. The van der Waals surface area contributed by atoms with Crippen molar-refractivity contribution >= 4 is 5.97 Å². The molecule has 1 aliphatic rings. The molecule has 1 aliphatic heterocycles. The molecule has 0 saturated heterocycles. The van der Waals surface area contributed by atoms with Crippen LogP contribution in [0.2, 0.25) is 0 Å². The molecular weight excluding hydrogens is 324 g/mol. The van der Waals surface area contributed by atoms with E-state index in [0.717, 1.165) is 19.3 Å². The van der Waals surface area contributed by atoms with Crippen LogP contribution in [-0.2, 0) is 14.3 Å². The Hall–Kier alpha value is -0.990. The number of rotatable bonds is 18. The lowest BCUT2D eigenvalue weighted by atomic mass is 10.0. The predicted molar refractivity (Wildman–Crippen MR) is 109 cm³/mol. The molecule has 0 radical (unpaired) electrons. The maximum atomic E-state index is 11.6. The lowest BCUT2D eigenvalue weighted by molar-refractivity contribution is -0.146. The summed E-state index contributed by atoms with van der Waals surface area (Å²) in [5.41, 5.74) is 0. The van der Waals surface area contributed by atoms with Gasteiger partial charge in [0.15, 0.2) is 0 Å². The summed E-state index contributed by atoms with van der Waals surface area (Å²) in [5, 5.41) is 0. The van der Waals surface area contributed by atoms with Gasteiger partial charge in [-0.15, -0.1) is 0 Å². The molecule has 3 nitrogen and oxygen atoms in total. The lowest BCUT2D eigenvalue weighted by Crippen LogP contribution is -2.17. The van der Waals surface area contributed by atoms with E-state index in [4.69, 9.17) is 9.47 Å². The van der Waals surface area contributed by atoms with E-state index in [-0.39, 0.29) is 12.1 Å². The minimum absolute atomic E-state index is 0.0417. The largest absolute Gasteiger partial charge is 0.494 e. The summed E-state index contributed by atoms with van der Waals surface area (Å²) >= 11 is 0. The van der Waals surface area contributed by atoms with Gasteiger partial charge in [-0.3, -0.25) is 4.79 Å². The molecule has 0 aromatic carbocycles. The van der Waals surface area contributed by atoms with Crippen LogP contribution in [0.5, 0.6) is 0 Å². The molecule has 0 aliphatic carbocycles. The standard InChI is InChI=1S/C23H42O3/c1-2-3-4-5-6-7-8-9-10-11-12-13-14-15-16-19-23(24)26-21-22-18-17-20-25-22/h17,20,22H,2-16,18-19,21H2,1H3. The zero-order chi connectivity index (χ0) is 18.7. The van der Waals surface area contributed by atoms with Gasteiger partial charge in [0.2, 0.25) is 0 Å². The summed E-state index contributed by atoms with van der Waals surface area (Å²) < 4.78 is 10.5. The van der Waals surface area contributed by atoms with Gasteiger partial charge in [0.05, 0.1) is 6.26 Å². The van der Waals surface area contributed by atoms with Gasteiger partial charge in [-0.05, 0) is 12.5 Å². The number of ether oxygens (including phenoxy) is 2. The van der Waals surface area contributed by atoms with Crippen LogP contribution >= 0.6 is 0 Å². The van der Waals surface area contributed by atoms with E-state index in [2.05, 4.69) is 6.92 Å². The van der Waals surface area contributed by atoms with E-state index in [1.165, 1.54) is 83.5 Å². The van der Waals surface area contributed by atoms with Crippen molar-refractivity contribution in [2.45, 2.75) is 122 Å². The number of carbonyl (C=O) groups is 1. The highest BCUT2D eigenvalue weighted by Gasteiger charge is 2.13. The van der Waals surface area contributed by atoms with E-state index >= 15 is 0 Å². The van der Waals surface area contributed by atoms with Crippen molar-refractivity contribution in [1.29, 1.82) is 0 Å². The van der Waals surface area contributed by atoms with Crippen molar-refractivity contribution in [2.75, 3.05) is 6.61 Å². The summed E-state index contributed by atoms with van der Waals surface area (Å²) in [5.74, 6) is -0.0739. The van der Waals surface area contributed by atoms with E-state index < -0.39 is 0 Å². The van der Waals surface area contributed by atoms with Crippen LogP contribution in [0.15, 0.2) is 12.3 Å². The van der Waals surface area contributed by atoms with Crippen LogP contribution < -0.4 is 0 Å². The van der Waals surface area contributed by atoms with Crippen molar-refractivity contribution < 1.29 is 14.3 Å². The third-order valence-corrected chi connectivity index (χ3v) is 5.18. The van der Waals surface area contributed by atoms with Gasteiger partial charge in [0.25, 0.3) is 0 Å². The summed E-state index contributed by atoms with van der Waals surface area (Å²) in [7, 11) is 0. The number of hydrogen-bond acceptors (Lipinski definition) is 3. The van der Waals surface area contributed by atoms with Crippen LogP contribution in [0.4, 0.5) is 0 Å². The monoisotopic (exact) mass is 366 g/mol. The molecule has 0 aromatic heterocycles. The molecule has 0 saturated carbocycles. The second-order valence-electron chi connectivity index (χ2n) is 7.75. The van der Waals surface area contributed by atoms with E-state index in [0.29, 0.717) is 13.0 Å². The molecule has 0 bridgehead atoms. The van der Waals surface area contributed by atoms with Crippen molar-refractivity contribution in [3.05, 3.63) is 12.3 Å². The van der Waals surface area contributed by atoms with Gasteiger partial charge >= 0.3 is 5.97 Å². The Kier molecular flexibility index (Phi) is 15.4. The highest BCUT2D eigenvalue weighted by atomic mass is 16.6. The van der Waals surface area contributed by atoms with Crippen molar-refractivity contribution in [2.24, 2.45) is 0 Å². The Labute approximate surface area is 161 Å². The third kappa shape index (κ3) is 14.2. The summed E-state index contributed by atoms with van der Waals surface area (Å²) in [6.07, 6.45) is 25.2. The predicted octanol–water partition coefficient (Wildman–Crippen LogP) is 7.09. The second-order valence-corrected chi connectivity index (χ2v) is 7.75. The summed E-state index contributed by atoms with van der Waals surface area (Å²) in [6, 6.07) is 0. The molecule has 0 N–H and O–H groups in total. The fourth-order valence-corrected chi connectivity index (χ4v) is 3.44. The number of hydrogen-bond donors (Lipinski definition) is 0. The van der Waals surface area contributed by atoms with Crippen LogP contribution in [0, 0.1) is 0 Å². The van der Waals surface area contributed by atoms with Gasteiger partial charge in [-0.1, -0.05) is 96.8 Å². The maximum absolute atomic E-state index is 11.6. The molecule has 1 unspecified atom stereocenters. The molecule has 152 valence electrons. The average molecular weight is 367 g/mol. The zero-order valence-electron chi connectivity index (χ0n) is 17.2. The highest BCUT2D eigenvalue weighted by Crippen LogP contribution is 2.14. The molecule has 1 atom stereocenters. The van der Waals surface area contributed by atoms with E-state index in [1.807, 2.05) is 6.08 Å². The van der Waals surface area contributed by atoms with Gasteiger partial charge < -0.3 is 9.47 Å². The number of carbonyl (C=O) groups excluding carboxylic acids is 1. The van der Waals surface area contributed by atoms with Crippen molar-refractivity contribution in [3.8, 4) is 0 Å². The van der Waals surface area contributed by atoms with Crippen LogP contribution in [0.25, 0.3) is 0 Å². The minimum Gasteiger partial charge on any atom is -0.494 e.